The Balaban J connectivity index is 2.81. The van der Waals surface area contributed by atoms with E-state index in [2.05, 4.69) is 6.92 Å². The van der Waals surface area contributed by atoms with Crippen LogP contribution in [0.1, 0.15) is 25.8 Å². The third-order valence-electron chi connectivity index (χ3n) is 2.82. The molecule has 0 bridgehead atoms. The number of ether oxygens (including phenoxy) is 1. The number of rotatable bonds is 7. The fraction of sp³-hybridized carbons (Fsp3) is 0.533. The minimum atomic E-state index is -0.536. The Morgan fingerprint density at radius 2 is 2.05 bits per heavy atom. The van der Waals surface area contributed by atoms with Gasteiger partial charge < -0.3 is 9.64 Å². The third kappa shape index (κ3) is 4.84. The average molecular weight is 284 g/mol. The molecule has 0 heterocycles. The predicted octanol–water partition coefficient (Wildman–Crippen LogP) is 3.38. The van der Waals surface area contributed by atoms with Gasteiger partial charge in [-0.1, -0.05) is 25.1 Å². The highest BCUT2D eigenvalue weighted by Crippen LogP contribution is 2.21. The summed E-state index contributed by atoms with van der Waals surface area (Å²) in [7, 11) is 0. The Labute approximate surface area is 120 Å². The van der Waals surface area contributed by atoms with E-state index < -0.39 is 5.38 Å². The van der Waals surface area contributed by atoms with E-state index in [0.717, 1.165) is 17.7 Å². The summed E-state index contributed by atoms with van der Waals surface area (Å²) in [6.07, 6.45) is 0.976. The number of anilines is 1. The molecule has 0 aromatic heterocycles. The van der Waals surface area contributed by atoms with Crippen molar-refractivity contribution in [2.75, 3.05) is 24.7 Å². The molecule has 0 fully saturated rings. The van der Waals surface area contributed by atoms with E-state index in [9.17, 15) is 4.79 Å². The second-order valence-electron chi connectivity index (χ2n) is 4.50. The van der Waals surface area contributed by atoms with Gasteiger partial charge in [0.1, 0.15) is 5.38 Å². The molecule has 3 nitrogen and oxygen atoms in total. The average Bonchev–Trinajstić information content (AvgIpc) is 2.39. The molecule has 0 aliphatic rings. The number of aryl methyl sites for hydroxylation is 1. The van der Waals surface area contributed by atoms with Crippen LogP contribution in [-0.2, 0) is 9.53 Å². The van der Waals surface area contributed by atoms with Crippen molar-refractivity contribution < 1.29 is 9.53 Å². The fourth-order valence-electron chi connectivity index (χ4n) is 1.83. The molecule has 0 spiro atoms. The van der Waals surface area contributed by atoms with Gasteiger partial charge in [0.2, 0.25) is 5.91 Å². The number of carbonyl (C=O) groups is 1. The molecule has 19 heavy (non-hydrogen) atoms. The molecule has 0 aliphatic heterocycles. The van der Waals surface area contributed by atoms with E-state index in [-0.39, 0.29) is 5.91 Å². The third-order valence-corrected chi connectivity index (χ3v) is 3.01. The Morgan fingerprint density at radius 3 is 2.63 bits per heavy atom. The summed E-state index contributed by atoms with van der Waals surface area (Å²) in [6, 6.07) is 7.81. The van der Waals surface area contributed by atoms with Crippen LogP contribution >= 0.6 is 11.6 Å². The monoisotopic (exact) mass is 283 g/mol. The quantitative estimate of drug-likeness (QED) is 0.567. The Kier molecular flexibility index (Phi) is 6.89. The van der Waals surface area contributed by atoms with Gasteiger partial charge in [-0.15, -0.1) is 11.6 Å². The maximum absolute atomic E-state index is 12.2. The second kappa shape index (κ2) is 8.18. The van der Waals surface area contributed by atoms with Crippen LogP contribution in [0.4, 0.5) is 5.69 Å². The SMILES string of the molecule is CCCOCCN(C(=O)C(C)Cl)c1ccccc1C. The summed E-state index contributed by atoms with van der Waals surface area (Å²) in [5.74, 6) is -0.0870. The topological polar surface area (TPSA) is 29.5 Å². The van der Waals surface area contributed by atoms with Crippen LogP contribution in [0, 0.1) is 6.92 Å². The minimum absolute atomic E-state index is 0.0870. The number of amides is 1. The van der Waals surface area contributed by atoms with Crippen molar-refractivity contribution in [1.29, 1.82) is 0 Å². The highest BCUT2D eigenvalue weighted by Gasteiger charge is 2.21. The van der Waals surface area contributed by atoms with E-state index in [1.165, 1.54) is 0 Å². The number of carbonyl (C=O) groups excluding carboxylic acids is 1. The molecule has 1 unspecified atom stereocenters. The molecule has 0 radical (unpaired) electrons. The van der Waals surface area contributed by atoms with Crippen LogP contribution in [0.15, 0.2) is 24.3 Å². The molecule has 1 amide bonds. The van der Waals surface area contributed by atoms with E-state index in [1.54, 1.807) is 11.8 Å². The standard InChI is InChI=1S/C15H22ClNO2/c1-4-10-19-11-9-17(15(18)13(3)16)14-8-6-5-7-12(14)2/h5-8,13H,4,9-11H2,1-3H3. The molecule has 0 saturated carbocycles. The largest absolute Gasteiger partial charge is 0.380 e. The number of para-hydroxylation sites is 1. The van der Waals surface area contributed by atoms with Gasteiger partial charge in [0.05, 0.1) is 6.61 Å². The lowest BCUT2D eigenvalue weighted by atomic mass is 10.1. The maximum atomic E-state index is 12.2. The molecule has 4 heteroatoms. The number of benzene rings is 1. The Hall–Kier alpha value is -1.06. The zero-order valence-electron chi connectivity index (χ0n) is 11.9. The molecule has 1 rings (SSSR count). The first-order chi connectivity index (χ1) is 9.07. The van der Waals surface area contributed by atoms with Gasteiger partial charge in [-0.3, -0.25) is 4.79 Å². The van der Waals surface area contributed by atoms with Crippen LogP contribution in [-0.4, -0.2) is 31.0 Å². The molecule has 1 atom stereocenters. The van der Waals surface area contributed by atoms with Crippen LogP contribution in [0.25, 0.3) is 0 Å². The molecule has 0 saturated heterocycles. The highest BCUT2D eigenvalue weighted by molar-refractivity contribution is 6.32. The summed E-state index contributed by atoms with van der Waals surface area (Å²) in [5.41, 5.74) is 1.96. The van der Waals surface area contributed by atoms with Crippen molar-refractivity contribution in [2.45, 2.75) is 32.6 Å². The van der Waals surface area contributed by atoms with E-state index >= 15 is 0 Å². The number of alkyl halides is 1. The van der Waals surface area contributed by atoms with E-state index in [1.807, 2.05) is 31.2 Å². The lowest BCUT2D eigenvalue weighted by Crippen LogP contribution is -2.38. The Morgan fingerprint density at radius 1 is 1.37 bits per heavy atom. The summed E-state index contributed by atoms with van der Waals surface area (Å²) in [6.45, 7) is 7.51. The van der Waals surface area contributed by atoms with Crippen LogP contribution < -0.4 is 4.90 Å². The van der Waals surface area contributed by atoms with Gasteiger partial charge in [0, 0.05) is 18.8 Å². The second-order valence-corrected chi connectivity index (χ2v) is 5.16. The van der Waals surface area contributed by atoms with Gasteiger partial charge in [0.25, 0.3) is 0 Å². The smallest absolute Gasteiger partial charge is 0.244 e. The zero-order valence-corrected chi connectivity index (χ0v) is 12.6. The Bertz CT molecular complexity index is 407. The first kappa shape index (κ1) is 16.0. The first-order valence-corrected chi connectivity index (χ1v) is 7.10. The summed E-state index contributed by atoms with van der Waals surface area (Å²) in [4.78, 5) is 13.9. The number of halogens is 1. The van der Waals surface area contributed by atoms with Crippen molar-refractivity contribution in [2.24, 2.45) is 0 Å². The van der Waals surface area contributed by atoms with E-state index in [0.29, 0.717) is 19.8 Å². The van der Waals surface area contributed by atoms with Crippen molar-refractivity contribution in [3.05, 3.63) is 29.8 Å². The molecular formula is C15H22ClNO2. The van der Waals surface area contributed by atoms with Crippen molar-refractivity contribution >= 4 is 23.2 Å². The lowest BCUT2D eigenvalue weighted by Gasteiger charge is -2.25. The van der Waals surface area contributed by atoms with Gasteiger partial charge >= 0.3 is 0 Å². The number of hydrogen-bond acceptors (Lipinski definition) is 2. The van der Waals surface area contributed by atoms with Crippen molar-refractivity contribution in [1.82, 2.24) is 0 Å². The van der Waals surface area contributed by atoms with Gasteiger partial charge in [-0.25, -0.2) is 0 Å². The predicted molar refractivity (Wildman–Crippen MR) is 80.0 cm³/mol. The number of nitrogens with zero attached hydrogens (tertiary/aromatic N) is 1. The first-order valence-electron chi connectivity index (χ1n) is 6.66. The fourth-order valence-corrected chi connectivity index (χ4v) is 1.95. The molecule has 1 aromatic carbocycles. The zero-order chi connectivity index (χ0) is 14.3. The van der Waals surface area contributed by atoms with Crippen molar-refractivity contribution in [3.8, 4) is 0 Å². The number of hydrogen-bond donors (Lipinski definition) is 0. The molecule has 0 N–H and O–H groups in total. The van der Waals surface area contributed by atoms with Crippen LogP contribution in [0.5, 0.6) is 0 Å². The van der Waals surface area contributed by atoms with Gasteiger partial charge in [-0.2, -0.15) is 0 Å². The summed E-state index contributed by atoms with van der Waals surface area (Å²) >= 11 is 5.93. The minimum Gasteiger partial charge on any atom is -0.380 e. The molecular weight excluding hydrogens is 262 g/mol. The van der Waals surface area contributed by atoms with E-state index in [4.69, 9.17) is 16.3 Å². The van der Waals surface area contributed by atoms with Gasteiger partial charge in [0.15, 0.2) is 0 Å². The van der Waals surface area contributed by atoms with Crippen LogP contribution in [0.3, 0.4) is 0 Å². The van der Waals surface area contributed by atoms with Crippen LogP contribution in [0.2, 0.25) is 0 Å². The summed E-state index contributed by atoms with van der Waals surface area (Å²) in [5, 5.41) is -0.536. The summed E-state index contributed by atoms with van der Waals surface area (Å²) < 4.78 is 5.47. The highest BCUT2D eigenvalue weighted by atomic mass is 35.5. The van der Waals surface area contributed by atoms with Gasteiger partial charge in [-0.05, 0) is 31.9 Å². The molecule has 106 valence electrons. The lowest BCUT2D eigenvalue weighted by molar-refractivity contribution is -0.118. The maximum Gasteiger partial charge on any atom is 0.244 e. The molecule has 1 aromatic rings. The normalized spacial score (nSPS) is 12.2. The van der Waals surface area contributed by atoms with Crippen molar-refractivity contribution in [3.63, 3.8) is 0 Å². The molecule has 0 aliphatic carbocycles.